The molecular formula is C24H29N3O4S. The molecule has 2 heterocycles. The van der Waals surface area contributed by atoms with E-state index < -0.39 is 10.0 Å². The minimum Gasteiger partial charge on any atom is -0.495 e. The van der Waals surface area contributed by atoms with Gasteiger partial charge in [0.05, 0.1) is 30.2 Å². The summed E-state index contributed by atoms with van der Waals surface area (Å²) in [6.07, 6.45) is 3.24. The third kappa shape index (κ3) is 4.61. The van der Waals surface area contributed by atoms with E-state index in [0.29, 0.717) is 23.5 Å². The molecule has 3 aromatic rings. The first-order valence-electron chi connectivity index (χ1n) is 10.6. The second-order valence-electron chi connectivity index (χ2n) is 8.35. The Kier molecular flexibility index (Phi) is 6.17. The zero-order chi connectivity index (χ0) is 22.9. The maximum Gasteiger partial charge on any atom is 0.262 e. The van der Waals surface area contributed by atoms with Crippen LogP contribution in [0.2, 0.25) is 0 Å². The molecule has 1 aliphatic rings. The third-order valence-electron chi connectivity index (χ3n) is 5.69. The standard InChI is InChI=1S/C24H29N3O4S/c1-16-11-21(6-7-22(16)19-9-10-31-15-19)32(28,29)26-23-12-20(5-8-24(23)30-4)27-13-17(2)25-18(3)14-27/h5-12,15,17-18,25-26H,13-14H2,1-4H3. The van der Waals surface area contributed by atoms with Crippen molar-refractivity contribution in [1.82, 2.24) is 5.32 Å². The van der Waals surface area contributed by atoms with Crippen LogP contribution in [-0.2, 0) is 10.0 Å². The van der Waals surface area contributed by atoms with Crippen LogP contribution in [0, 0.1) is 6.92 Å². The highest BCUT2D eigenvalue weighted by Gasteiger charge is 2.23. The van der Waals surface area contributed by atoms with Crippen LogP contribution in [0.15, 0.2) is 64.3 Å². The van der Waals surface area contributed by atoms with Crippen molar-refractivity contribution < 1.29 is 17.6 Å². The van der Waals surface area contributed by atoms with Gasteiger partial charge in [-0.3, -0.25) is 4.72 Å². The molecule has 1 aliphatic heterocycles. The molecule has 170 valence electrons. The molecule has 8 heteroatoms. The van der Waals surface area contributed by atoms with Gasteiger partial charge in [-0.15, -0.1) is 0 Å². The fraction of sp³-hybridized carbons (Fsp3) is 0.333. The van der Waals surface area contributed by atoms with Crippen LogP contribution in [0.5, 0.6) is 5.75 Å². The summed E-state index contributed by atoms with van der Waals surface area (Å²) in [5.41, 5.74) is 4.06. The van der Waals surface area contributed by atoms with Gasteiger partial charge >= 0.3 is 0 Å². The number of furan rings is 1. The molecule has 7 nitrogen and oxygen atoms in total. The second-order valence-corrected chi connectivity index (χ2v) is 10.0. The van der Waals surface area contributed by atoms with Gasteiger partial charge in [-0.05, 0) is 68.3 Å². The lowest BCUT2D eigenvalue weighted by Crippen LogP contribution is -2.54. The van der Waals surface area contributed by atoms with Gasteiger partial charge in [0.2, 0.25) is 0 Å². The first kappa shape index (κ1) is 22.2. The molecule has 1 saturated heterocycles. The fourth-order valence-electron chi connectivity index (χ4n) is 4.26. The molecule has 1 aromatic heterocycles. The number of methoxy groups -OCH3 is 1. The van der Waals surface area contributed by atoms with Crippen molar-refractivity contribution in [3.8, 4) is 16.9 Å². The molecule has 2 unspecified atom stereocenters. The van der Waals surface area contributed by atoms with Crippen molar-refractivity contribution in [2.45, 2.75) is 37.8 Å². The Morgan fingerprint density at radius 3 is 2.47 bits per heavy atom. The van der Waals surface area contributed by atoms with Crippen molar-refractivity contribution >= 4 is 21.4 Å². The van der Waals surface area contributed by atoms with Gasteiger partial charge in [0, 0.05) is 36.4 Å². The van der Waals surface area contributed by atoms with E-state index in [1.807, 2.05) is 25.1 Å². The summed E-state index contributed by atoms with van der Waals surface area (Å²) in [4.78, 5) is 2.45. The lowest BCUT2D eigenvalue weighted by molar-refractivity contribution is 0.406. The number of nitrogens with one attached hydrogen (secondary N) is 2. The van der Waals surface area contributed by atoms with E-state index in [9.17, 15) is 8.42 Å². The number of anilines is 2. The monoisotopic (exact) mass is 455 g/mol. The van der Waals surface area contributed by atoms with Gasteiger partial charge in [-0.25, -0.2) is 8.42 Å². The fourth-order valence-corrected chi connectivity index (χ4v) is 5.40. The predicted molar refractivity (Wildman–Crippen MR) is 127 cm³/mol. The lowest BCUT2D eigenvalue weighted by atomic mass is 10.0. The van der Waals surface area contributed by atoms with Crippen molar-refractivity contribution in [3.63, 3.8) is 0 Å². The molecule has 32 heavy (non-hydrogen) atoms. The topological polar surface area (TPSA) is 83.8 Å². The summed E-state index contributed by atoms with van der Waals surface area (Å²) in [7, 11) is -2.27. The first-order chi connectivity index (χ1) is 15.3. The number of aryl methyl sites for hydroxylation is 1. The van der Waals surface area contributed by atoms with Crippen LogP contribution in [0.4, 0.5) is 11.4 Å². The third-order valence-corrected chi connectivity index (χ3v) is 7.05. The minimum absolute atomic E-state index is 0.194. The van der Waals surface area contributed by atoms with Gasteiger partial charge in [0.15, 0.2) is 0 Å². The zero-order valence-electron chi connectivity index (χ0n) is 18.8. The first-order valence-corrected chi connectivity index (χ1v) is 12.1. The summed E-state index contributed by atoms with van der Waals surface area (Å²) >= 11 is 0. The molecular weight excluding hydrogens is 426 g/mol. The number of hydrogen-bond donors (Lipinski definition) is 2. The molecule has 0 radical (unpaired) electrons. The number of benzene rings is 2. The average Bonchev–Trinajstić information content (AvgIpc) is 3.27. The molecule has 0 saturated carbocycles. The van der Waals surface area contributed by atoms with Crippen molar-refractivity contribution in [1.29, 1.82) is 0 Å². The van der Waals surface area contributed by atoms with E-state index in [1.165, 1.54) is 7.11 Å². The Labute approximate surface area is 189 Å². The van der Waals surface area contributed by atoms with E-state index in [-0.39, 0.29) is 4.90 Å². The maximum atomic E-state index is 13.2. The Bertz CT molecular complexity index is 1180. The Balaban J connectivity index is 1.63. The molecule has 0 amide bonds. The zero-order valence-corrected chi connectivity index (χ0v) is 19.6. The number of rotatable bonds is 6. The summed E-state index contributed by atoms with van der Waals surface area (Å²) in [6.45, 7) is 7.86. The highest BCUT2D eigenvalue weighted by molar-refractivity contribution is 7.92. The van der Waals surface area contributed by atoms with Crippen LogP contribution in [0.25, 0.3) is 11.1 Å². The van der Waals surface area contributed by atoms with Crippen LogP contribution in [0.3, 0.4) is 0 Å². The minimum atomic E-state index is -3.81. The van der Waals surface area contributed by atoms with E-state index in [1.54, 1.807) is 36.8 Å². The Morgan fingerprint density at radius 1 is 1.09 bits per heavy atom. The van der Waals surface area contributed by atoms with E-state index >= 15 is 0 Å². The van der Waals surface area contributed by atoms with E-state index in [0.717, 1.165) is 35.5 Å². The SMILES string of the molecule is COc1ccc(N2CC(C)NC(C)C2)cc1NS(=O)(=O)c1ccc(-c2ccoc2)c(C)c1. The number of nitrogens with zero attached hydrogens (tertiary/aromatic N) is 1. The number of ether oxygens (including phenoxy) is 1. The smallest absolute Gasteiger partial charge is 0.262 e. The largest absolute Gasteiger partial charge is 0.495 e. The number of piperazine rings is 1. The Morgan fingerprint density at radius 2 is 1.84 bits per heavy atom. The van der Waals surface area contributed by atoms with Crippen LogP contribution in [-0.4, -0.2) is 40.7 Å². The van der Waals surface area contributed by atoms with E-state index in [2.05, 4.69) is 28.8 Å². The highest BCUT2D eigenvalue weighted by atomic mass is 32.2. The summed E-state index contributed by atoms with van der Waals surface area (Å²) in [5, 5.41) is 3.51. The Hall–Kier alpha value is -2.97. The van der Waals surface area contributed by atoms with Crippen molar-refractivity contribution in [3.05, 3.63) is 60.6 Å². The molecule has 2 N–H and O–H groups in total. The summed E-state index contributed by atoms with van der Waals surface area (Å²) in [5.74, 6) is 0.472. The number of hydrogen-bond acceptors (Lipinski definition) is 6. The lowest BCUT2D eigenvalue weighted by Gasteiger charge is -2.38. The molecule has 2 aromatic carbocycles. The van der Waals surface area contributed by atoms with Gasteiger partial charge in [0.25, 0.3) is 10.0 Å². The molecule has 2 atom stereocenters. The number of sulfonamides is 1. The molecule has 4 rings (SSSR count). The quantitative estimate of drug-likeness (QED) is 0.578. The molecule has 0 spiro atoms. The summed E-state index contributed by atoms with van der Waals surface area (Å²) < 4.78 is 39.7. The highest BCUT2D eigenvalue weighted by Crippen LogP contribution is 2.33. The van der Waals surface area contributed by atoms with Gasteiger partial charge in [0.1, 0.15) is 5.75 Å². The van der Waals surface area contributed by atoms with Crippen LogP contribution >= 0.6 is 0 Å². The average molecular weight is 456 g/mol. The van der Waals surface area contributed by atoms with Crippen molar-refractivity contribution in [2.24, 2.45) is 0 Å². The normalized spacial score (nSPS) is 19.1. The van der Waals surface area contributed by atoms with Crippen LogP contribution < -0.4 is 19.7 Å². The van der Waals surface area contributed by atoms with E-state index in [4.69, 9.17) is 9.15 Å². The van der Waals surface area contributed by atoms with Gasteiger partial charge in [-0.1, -0.05) is 6.07 Å². The van der Waals surface area contributed by atoms with Gasteiger partial charge in [-0.2, -0.15) is 0 Å². The molecule has 0 aliphatic carbocycles. The van der Waals surface area contributed by atoms with Crippen molar-refractivity contribution in [2.75, 3.05) is 29.8 Å². The second kappa shape index (κ2) is 8.88. The maximum absolute atomic E-state index is 13.2. The summed E-state index contributed by atoms with van der Waals surface area (Å²) in [6, 6.07) is 13.2. The molecule has 0 bridgehead atoms. The predicted octanol–water partition coefficient (Wildman–Crippen LogP) is 4.25. The van der Waals surface area contributed by atoms with Crippen LogP contribution in [0.1, 0.15) is 19.4 Å². The van der Waals surface area contributed by atoms with Gasteiger partial charge < -0.3 is 19.4 Å². The molecule has 1 fully saturated rings.